The molecule has 6 nitrogen and oxygen atoms in total. The molecule has 1 aliphatic heterocycles. The topological polar surface area (TPSA) is 69.7 Å². The first-order chi connectivity index (χ1) is 13.0. The lowest BCUT2D eigenvalue weighted by molar-refractivity contribution is 0.0980. The Kier molecular flexibility index (Phi) is 5.32. The molecule has 1 saturated heterocycles. The number of thiophene rings is 1. The number of hydrogen-bond donors (Lipinski definition) is 1. The van der Waals surface area contributed by atoms with E-state index in [1.54, 1.807) is 0 Å². The average Bonchev–Trinajstić information content (AvgIpc) is 3.39. The molecule has 1 saturated carbocycles. The van der Waals surface area contributed by atoms with Gasteiger partial charge in [-0.15, -0.1) is 11.3 Å². The quantitative estimate of drug-likeness (QED) is 0.801. The number of benzene rings is 1. The molecule has 0 radical (unpaired) electrons. The number of rotatable bonds is 6. The molecule has 0 spiro atoms. The SMILES string of the molecule is O=C(NS(=O)(=O)N1CCN(Cc2ccccc2)CC1)c1sccc1C1CC1. The highest BCUT2D eigenvalue weighted by molar-refractivity contribution is 7.87. The van der Waals surface area contributed by atoms with Gasteiger partial charge < -0.3 is 0 Å². The Morgan fingerprint density at radius 1 is 1.07 bits per heavy atom. The predicted molar refractivity (Wildman–Crippen MR) is 106 cm³/mol. The van der Waals surface area contributed by atoms with Crippen LogP contribution in [0.2, 0.25) is 0 Å². The zero-order valence-corrected chi connectivity index (χ0v) is 16.6. The van der Waals surface area contributed by atoms with E-state index in [1.807, 2.05) is 29.6 Å². The summed E-state index contributed by atoms with van der Waals surface area (Å²) in [7, 11) is -3.81. The van der Waals surface area contributed by atoms with Crippen LogP contribution in [0.5, 0.6) is 0 Å². The summed E-state index contributed by atoms with van der Waals surface area (Å²) in [6.45, 7) is 2.87. The number of hydrogen-bond acceptors (Lipinski definition) is 5. The van der Waals surface area contributed by atoms with Crippen LogP contribution in [-0.4, -0.2) is 49.7 Å². The van der Waals surface area contributed by atoms with Gasteiger partial charge in [-0.05, 0) is 41.3 Å². The van der Waals surface area contributed by atoms with Crippen LogP contribution in [0, 0.1) is 0 Å². The van der Waals surface area contributed by atoms with E-state index in [9.17, 15) is 13.2 Å². The van der Waals surface area contributed by atoms with Gasteiger partial charge in [0, 0.05) is 32.7 Å². The summed E-state index contributed by atoms with van der Waals surface area (Å²) in [6, 6.07) is 12.1. The molecule has 27 heavy (non-hydrogen) atoms. The molecule has 1 aromatic carbocycles. The monoisotopic (exact) mass is 405 g/mol. The van der Waals surface area contributed by atoms with Gasteiger partial charge in [-0.3, -0.25) is 9.69 Å². The van der Waals surface area contributed by atoms with Gasteiger partial charge in [0.15, 0.2) is 0 Å². The summed E-state index contributed by atoms with van der Waals surface area (Å²) in [6.07, 6.45) is 2.15. The molecule has 0 atom stereocenters. The highest BCUT2D eigenvalue weighted by atomic mass is 32.2. The predicted octanol–water partition coefficient (Wildman–Crippen LogP) is 2.42. The van der Waals surface area contributed by atoms with Gasteiger partial charge in [-0.2, -0.15) is 12.7 Å². The third-order valence-corrected chi connectivity index (χ3v) is 7.48. The van der Waals surface area contributed by atoms with Crippen LogP contribution >= 0.6 is 11.3 Å². The van der Waals surface area contributed by atoms with Crippen molar-refractivity contribution in [1.29, 1.82) is 0 Å². The number of carbonyl (C=O) groups is 1. The van der Waals surface area contributed by atoms with Crippen LogP contribution < -0.4 is 4.72 Å². The first-order valence-electron chi connectivity index (χ1n) is 9.19. The first-order valence-corrected chi connectivity index (χ1v) is 11.5. The highest BCUT2D eigenvalue weighted by Crippen LogP contribution is 2.43. The fourth-order valence-corrected chi connectivity index (χ4v) is 5.47. The smallest absolute Gasteiger partial charge is 0.296 e. The van der Waals surface area contributed by atoms with Crippen LogP contribution in [0.3, 0.4) is 0 Å². The minimum atomic E-state index is -3.81. The second-order valence-electron chi connectivity index (χ2n) is 7.08. The van der Waals surface area contributed by atoms with Gasteiger partial charge >= 0.3 is 10.2 Å². The molecule has 2 fully saturated rings. The van der Waals surface area contributed by atoms with Crippen molar-refractivity contribution in [2.75, 3.05) is 26.2 Å². The van der Waals surface area contributed by atoms with Crippen molar-refractivity contribution >= 4 is 27.5 Å². The molecular formula is C19H23N3O3S2. The summed E-state index contributed by atoms with van der Waals surface area (Å²) in [5, 5.41) is 1.86. The Bertz CT molecular complexity index is 899. The van der Waals surface area contributed by atoms with Crippen molar-refractivity contribution in [2.45, 2.75) is 25.3 Å². The summed E-state index contributed by atoms with van der Waals surface area (Å²) in [5.41, 5.74) is 2.20. The van der Waals surface area contributed by atoms with E-state index in [4.69, 9.17) is 0 Å². The molecule has 2 aliphatic rings. The van der Waals surface area contributed by atoms with Crippen LogP contribution in [-0.2, 0) is 16.8 Å². The molecule has 1 amide bonds. The third-order valence-electron chi connectivity index (χ3n) is 5.06. The van der Waals surface area contributed by atoms with Crippen molar-refractivity contribution in [3.05, 3.63) is 57.8 Å². The van der Waals surface area contributed by atoms with Crippen molar-refractivity contribution < 1.29 is 13.2 Å². The van der Waals surface area contributed by atoms with Gasteiger partial charge in [-0.25, -0.2) is 4.72 Å². The Morgan fingerprint density at radius 3 is 2.44 bits per heavy atom. The highest BCUT2D eigenvalue weighted by Gasteiger charge is 2.32. The molecule has 2 heterocycles. The fraction of sp³-hybridized carbons (Fsp3) is 0.421. The number of piperazine rings is 1. The van der Waals surface area contributed by atoms with Gasteiger partial charge in [-0.1, -0.05) is 30.3 Å². The summed E-state index contributed by atoms with van der Waals surface area (Å²) < 4.78 is 28.9. The lowest BCUT2D eigenvalue weighted by atomic mass is 10.1. The first kappa shape index (κ1) is 18.6. The van der Waals surface area contributed by atoms with E-state index < -0.39 is 16.1 Å². The zero-order chi connectivity index (χ0) is 18.9. The number of amides is 1. The Hall–Kier alpha value is -1.74. The van der Waals surface area contributed by atoms with Gasteiger partial charge in [0.25, 0.3) is 5.91 Å². The second kappa shape index (κ2) is 7.71. The minimum Gasteiger partial charge on any atom is -0.296 e. The largest absolute Gasteiger partial charge is 0.304 e. The molecular weight excluding hydrogens is 382 g/mol. The number of carbonyl (C=O) groups excluding carboxylic acids is 1. The Labute approximate surface area is 164 Å². The van der Waals surface area contributed by atoms with E-state index in [0.717, 1.165) is 24.9 Å². The fourth-order valence-electron chi connectivity index (χ4n) is 3.42. The van der Waals surface area contributed by atoms with Gasteiger partial charge in [0.1, 0.15) is 0 Å². The van der Waals surface area contributed by atoms with Crippen molar-refractivity contribution in [3.63, 3.8) is 0 Å². The lowest BCUT2D eigenvalue weighted by Gasteiger charge is -2.33. The molecule has 1 aromatic heterocycles. The molecule has 1 aliphatic carbocycles. The minimum absolute atomic E-state index is 0.384. The Morgan fingerprint density at radius 2 is 1.78 bits per heavy atom. The van der Waals surface area contributed by atoms with E-state index in [1.165, 1.54) is 21.2 Å². The van der Waals surface area contributed by atoms with Crippen molar-refractivity contribution in [2.24, 2.45) is 0 Å². The normalized spacial score (nSPS) is 19.1. The third kappa shape index (κ3) is 4.40. The zero-order valence-electron chi connectivity index (χ0n) is 15.0. The van der Waals surface area contributed by atoms with Gasteiger partial charge in [0.2, 0.25) is 0 Å². The van der Waals surface area contributed by atoms with Crippen molar-refractivity contribution in [3.8, 4) is 0 Å². The molecule has 1 N–H and O–H groups in total. The average molecular weight is 406 g/mol. The summed E-state index contributed by atoms with van der Waals surface area (Å²) >= 11 is 1.31. The molecule has 8 heteroatoms. The van der Waals surface area contributed by atoms with Crippen LogP contribution in [0.4, 0.5) is 0 Å². The van der Waals surface area contributed by atoms with E-state index >= 15 is 0 Å². The molecule has 144 valence electrons. The molecule has 0 unspecified atom stereocenters. The number of nitrogens with zero attached hydrogens (tertiary/aromatic N) is 2. The van der Waals surface area contributed by atoms with E-state index in [2.05, 4.69) is 21.8 Å². The summed E-state index contributed by atoms with van der Waals surface area (Å²) in [4.78, 5) is 15.3. The van der Waals surface area contributed by atoms with E-state index in [0.29, 0.717) is 37.0 Å². The maximum atomic E-state index is 12.6. The van der Waals surface area contributed by atoms with Crippen LogP contribution in [0.25, 0.3) is 0 Å². The standard InChI is InChI=1S/C19H23N3O3S2/c23-19(18-17(8-13-26-18)16-6-7-16)20-27(24,25)22-11-9-21(10-12-22)14-15-4-2-1-3-5-15/h1-5,8,13,16H,6-7,9-12,14H2,(H,20,23). The van der Waals surface area contributed by atoms with Crippen LogP contribution in [0.15, 0.2) is 41.8 Å². The van der Waals surface area contributed by atoms with Crippen LogP contribution in [0.1, 0.15) is 39.6 Å². The van der Waals surface area contributed by atoms with E-state index in [-0.39, 0.29) is 0 Å². The molecule has 2 aromatic rings. The van der Waals surface area contributed by atoms with Crippen molar-refractivity contribution in [1.82, 2.24) is 13.9 Å². The molecule has 0 bridgehead atoms. The maximum absolute atomic E-state index is 12.6. The second-order valence-corrected chi connectivity index (χ2v) is 9.66. The lowest BCUT2D eigenvalue weighted by Crippen LogP contribution is -2.52. The maximum Gasteiger partial charge on any atom is 0.304 e. The number of nitrogens with one attached hydrogen (secondary N) is 1. The Balaban J connectivity index is 1.34. The summed E-state index contributed by atoms with van der Waals surface area (Å²) in [5.74, 6) is -0.0835. The molecule has 4 rings (SSSR count). The van der Waals surface area contributed by atoms with Gasteiger partial charge in [0.05, 0.1) is 4.88 Å².